The highest BCUT2D eigenvalue weighted by molar-refractivity contribution is 7.89. The summed E-state index contributed by atoms with van der Waals surface area (Å²) in [4.78, 5) is 13.1. The van der Waals surface area contributed by atoms with Gasteiger partial charge < -0.3 is 23.7 Å². The summed E-state index contributed by atoms with van der Waals surface area (Å²) < 4.78 is 73.7. The fourth-order valence-electron chi connectivity index (χ4n) is 5.22. The molecule has 0 aliphatic carbocycles. The van der Waals surface area contributed by atoms with Crippen LogP contribution in [0.1, 0.15) is 20.8 Å². The van der Waals surface area contributed by atoms with Crippen LogP contribution in [0.3, 0.4) is 0 Å². The number of fused-ring (bicyclic) bond motifs is 1. The third-order valence-corrected chi connectivity index (χ3v) is 13.3. The lowest BCUT2D eigenvalue weighted by molar-refractivity contribution is -0.149. The van der Waals surface area contributed by atoms with Gasteiger partial charge in [0.05, 0.1) is 10.4 Å². The Hall–Kier alpha value is -2.44. The summed E-state index contributed by atoms with van der Waals surface area (Å²) in [6.07, 6.45) is -0.107. The first-order valence-corrected chi connectivity index (χ1v) is 25.6. The van der Waals surface area contributed by atoms with Crippen LogP contribution >= 0.6 is 0 Å². The first-order chi connectivity index (χ1) is 22.7. The molecule has 49 heavy (non-hydrogen) atoms. The normalized spacial score (nSPS) is 18.0. The third kappa shape index (κ3) is 11.3. The van der Waals surface area contributed by atoms with Crippen molar-refractivity contribution in [1.82, 2.24) is 8.87 Å². The number of rotatable bonds is 15. The molecule has 10 nitrogen and oxygen atoms in total. The standard InChI is InChI=1S/C35H53FN2O8SSi2/c1-35(2,3)46-34(39)38-21-30(29-15-12-27(36)20-31(29)38)26-10-13-28(14-11-26)47(40,41)37-22-32(44-24-42-16-18-48(4,5)6)33(23-37)45-25-43-17-19-49(7,8)9/h10-15,20-21,32-33H,16-19,22-25H2,1-9H3/t32-,33+. The Balaban J connectivity index is 1.50. The Morgan fingerprint density at radius 2 is 1.39 bits per heavy atom. The largest absolute Gasteiger partial charge is 0.443 e. The maximum Gasteiger partial charge on any atom is 0.419 e. The smallest absolute Gasteiger partial charge is 0.419 e. The molecule has 1 fully saturated rings. The van der Waals surface area contributed by atoms with Crippen molar-refractivity contribution in [3.05, 3.63) is 54.5 Å². The molecule has 2 atom stereocenters. The van der Waals surface area contributed by atoms with E-state index in [4.69, 9.17) is 23.7 Å². The Morgan fingerprint density at radius 1 is 0.857 bits per heavy atom. The van der Waals surface area contributed by atoms with Gasteiger partial charge in [-0.2, -0.15) is 4.31 Å². The van der Waals surface area contributed by atoms with Gasteiger partial charge in [-0.15, -0.1) is 0 Å². The first-order valence-electron chi connectivity index (χ1n) is 16.8. The van der Waals surface area contributed by atoms with Crippen LogP contribution in [0.5, 0.6) is 0 Å². The van der Waals surface area contributed by atoms with E-state index in [2.05, 4.69) is 39.3 Å². The minimum Gasteiger partial charge on any atom is -0.443 e. The molecule has 0 N–H and O–H groups in total. The summed E-state index contributed by atoms with van der Waals surface area (Å²) in [6.45, 7) is 20.4. The van der Waals surface area contributed by atoms with Crippen molar-refractivity contribution in [3.8, 4) is 11.1 Å². The van der Waals surface area contributed by atoms with E-state index in [1.165, 1.54) is 33.1 Å². The van der Waals surface area contributed by atoms with E-state index in [9.17, 15) is 17.6 Å². The monoisotopic (exact) mass is 736 g/mol. The second kappa shape index (κ2) is 15.8. The van der Waals surface area contributed by atoms with Gasteiger partial charge in [-0.3, -0.25) is 4.57 Å². The van der Waals surface area contributed by atoms with Gasteiger partial charge in [0, 0.05) is 59.6 Å². The number of hydrogen-bond acceptors (Lipinski definition) is 8. The molecule has 0 spiro atoms. The van der Waals surface area contributed by atoms with Crippen LogP contribution in [-0.4, -0.2) is 97.2 Å². The molecular formula is C35H53FN2O8SSi2. The number of hydrogen-bond donors (Lipinski definition) is 0. The number of sulfonamides is 1. The van der Waals surface area contributed by atoms with Crippen molar-refractivity contribution < 1.29 is 41.3 Å². The Morgan fingerprint density at radius 3 is 1.88 bits per heavy atom. The zero-order valence-corrected chi connectivity index (χ0v) is 33.2. The molecule has 4 rings (SSSR count). The lowest BCUT2D eigenvalue weighted by Gasteiger charge is -2.21. The molecule has 1 aliphatic rings. The van der Waals surface area contributed by atoms with Gasteiger partial charge >= 0.3 is 6.09 Å². The summed E-state index contributed by atoms with van der Waals surface area (Å²) >= 11 is 0. The van der Waals surface area contributed by atoms with Gasteiger partial charge in [0.2, 0.25) is 10.0 Å². The predicted molar refractivity (Wildman–Crippen MR) is 195 cm³/mol. The molecule has 2 heterocycles. The van der Waals surface area contributed by atoms with Crippen molar-refractivity contribution in [1.29, 1.82) is 0 Å². The van der Waals surface area contributed by atoms with Crippen LogP contribution in [0.2, 0.25) is 51.4 Å². The van der Waals surface area contributed by atoms with E-state index >= 15 is 0 Å². The van der Waals surface area contributed by atoms with Crippen molar-refractivity contribution in [2.45, 2.75) is 94.8 Å². The molecule has 3 aromatic rings. The quantitative estimate of drug-likeness (QED) is 0.0892. The number of nitrogens with zero attached hydrogens (tertiary/aromatic N) is 2. The number of carbonyl (C=O) groups is 1. The van der Waals surface area contributed by atoms with Gasteiger partial charge in [-0.1, -0.05) is 51.4 Å². The van der Waals surface area contributed by atoms with E-state index in [1.807, 2.05) is 0 Å². The molecular weight excluding hydrogens is 684 g/mol. The fourth-order valence-corrected chi connectivity index (χ4v) is 8.20. The molecule has 1 aromatic heterocycles. The zero-order chi connectivity index (χ0) is 36.2. The van der Waals surface area contributed by atoms with E-state index < -0.39 is 55.9 Å². The first kappa shape index (κ1) is 39.4. The van der Waals surface area contributed by atoms with Gasteiger partial charge in [0.15, 0.2) is 0 Å². The van der Waals surface area contributed by atoms with Crippen LogP contribution in [0.25, 0.3) is 22.0 Å². The number of benzene rings is 2. The minimum atomic E-state index is -3.92. The molecule has 1 aliphatic heterocycles. The number of ether oxygens (including phenoxy) is 5. The van der Waals surface area contributed by atoms with E-state index in [0.29, 0.717) is 35.2 Å². The highest BCUT2D eigenvalue weighted by Crippen LogP contribution is 2.33. The minimum absolute atomic E-state index is 0.0505. The fraction of sp³-hybridized carbons (Fsp3) is 0.571. The molecule has 0 unspecified atom stereocenters. The summed E-state index contributed by atoms with van der Waals surface area (Å²) in [6, 6.07) is 12.6. The summed E-state index contributed by atoms with van der Waals surface area (Å²) in [5, 5.41) is 0.626. The van der Waals surface area contributed by atoms with Crippen LogP contribution in [-0.2, 0) is 33.7 Å². The molecule has 0 bridgehead atoms. The van der Waals surface area contributed by atoms with Crippen molar-refractivity contribution in [3.63, 3.8) is 0 Å². The summed E-state index contributed by atoms with van der Waals surface area (Å²) in [5.74, 6) is -0.491. The molecule has 1 saturated heterocycles. The second-order valence-corrected chi connectivity index (χ2v) is 29.2. The Labute approximate surface area is 292 Å². The third-order valence-electron chi connectivity index (χ3n) is 8.07. The molecule has 272 valence electrons. The lowest BCUT2D eigenvalue weighted by atomic mass is 10.1. The summed E-state index contributed by atoms with van der Waals surface area (Å²) in [5.41, 5.74) is 0.898. The molecule has 0 radical (unpaired) electrons. The zero-order valence-electron chi connectivity index (χ0n) is 30.4. The van der Waals surface area contributed by atoms with Gasteiger partial charge in [-0.25, -0.2) is 17.6 Å². The van der Waals surface area contributed by atoms with E-state index in [-0.39, 0.29) is 31.6 Å². The van der Waals surface area contributed by atoms with Crippen LogP contribution in [0.4, 0.5) is 9.18 Å². The van der Waals surface area contributed by atoms with Crippen LogP contribution < -0.4 is 0 Å². The average Bonchev–Trinajstić information content (AvgIpc) is 3.57. The average molecular weight is 737 g/mol. The second-order valence-electron chi connectivity index (χ2n) is 16.0. The van der Waals surface area contributed by atoms with Crippen molar-refractivity contribution >= 4 is 43.2 Å². The highest BCUT2D eigenvalue weighted by atomic mass is 32.2. The molecule has 2 aromatic carbocycles. The van der Waals surface area contributed by atoms with E-state index in [0.717, 1.165) is 12.1 Å². The topological polar surface area (TPSA) is 106 Å². The summed E-state index contributed by atoms with van der Waals surface area (Å²) in [7, 11) is -6.44. The van der Waals surface area contributed by atoms with Crippen molar-refractivity contribution in [2.75, 3.05) is 39.9 Å². The predicted octanol–water partition coefficient (Wildman–Crippen LogP) is 7.63. The number of halogens is 1. The molecule has 14 heteroatoms. The number of carbonyl (C=O) groups excluding carboxylic acids is 1. The van der Waals surface area contributed by atoms with Crippen molar-refractivity contribution in [2.24, 2.45) is 0 Å². The Bertz CT molecular complexity index is 1650. The molecule has 0 amide bonds. The molecule has 0 saturated carbocycles. The van der Waals surface area contributed by atoms with Gasteiger partial charge in [0.25, 0.3) is 0 Å². The Kier molecular flexibility index (Phi) is 12.7. The number of aromatic nitrogens is 1. The van der Waals surface area contributed by atoms with Crippen LogP contribution in [0, 0.1) is 5.82 Å². The highest BCUT2D eigenvalue weighted by Gasteiger charge is 2.41. The van der Waals surface area contributed by atoms with Gasteiger partial charge in [-0.05, 0) is 68.8 Å². The maximum atomic E-state index is 14.2. The van der Waals surface area contributed by atoms with Gasteiger partial charge in [0.1, 0.15) is 37.2 Å². The maximum absolute atomic E-state index is 14.2. The van der Waals surface area contributed by atoms with E-state index in [1.54, 1.807) is 45.2 Å². The SMILES string of the molecule is CC(C)(C)OC(=O)n1cc(-c2ccc(S(=O)(=O)N3C[C@H](OCOCC[Si](C)(C)C)[C@H](OCOCC[Si](C)(C)C)C3)cc2)c2ccc(F)cc21. The lowest BCUT2D eigenvalue weighted by Crippen LogP contribution is -2.32. The van der Waals surface area contributed by atoms with Crippen LogP contribution in [0.15, 0.2) is 53.6 Å².